The first-order chi connectivity index (χ1) is 25.7. The molecule has 3 aliphatic rings. The van der Waals surface area contributed by atoms with E-state index >= 15 is 4.39 Å². The summed E-state index contributed by atoms with van der Waals surface area (Å²) >= 11 is 0. The fourth-order valence-electron chi connectivity index (χ4n) is 9.51. The molecule has 2 aromatic carbocycles. The van der Waals surface area contributed by atoms with Gasteiger partial charge in [0.05, 0.1) is 45.7 Å². The summed E-state index contributed by atoms with van der Waals surface area (Å²) in [6.07, 6.45) is 1.49. The number of piperazine rings is 1. The Labute approximate surface area is 319 Å². The maximum absolute atomic E-state index is 16.2. The molecule has 1 amide bonds. The number of benzene rings is 2. The molecule has 1 N–H and O–H groups in total. The zero-order valence-electron chi connectivity index (χ0n) is 32.3. The first kappa shape index (κ1) is 38.0. The van der Waals surface area contributed by atoms with Crippen molar-refractivity contribution in [2.24, 2.45) is 0 Å². The molecule has 5 heterocycles. The number of hydrogen-bond acceptors (Lipinski definition) is 9. The van der Waals surface area contributed by atoms with Crippen LogP contribution in [0, 0.1) is 17.3 Å². The summed E-state index contributed by atoms with van der Waals surface area (Å²) in [6, 6.07) is 7.68. The molecule has 2 bridgehead atoms. The molecule has 4 aromatic rings. The summed E-state index contributed by atoms with van der Waals surface area (Å²) < 4.78 is 47.2. The average molecular weight is 774 g/mol. The van der Waals surface area contributed by atoms with Gasteiger partial charge in [0, 0.05) is 30.9 Å². The van der Waals surface area contributed by atoms with E-state index < -0.39 is 36.9 Å². The van der Waals surface area contributed by atoms with Crippen molar-refractivity contribution in [3.8, 4) is 34.4 Å². The van der Waals surface area contributed by atoms with Gasteiger partial charge in [-0.2, -0.15) is 0 Å². The number of ether oxygens (including phenoxy) is 3. The molecule has 14 heteroatoms. The van der Waals surface area contributed by atoms with E-state index in [-0.39, 0.29) is 41.5 Å². The van der Waals surface area contributed by atoms with Gasteiger partial charge in [-0.3, -0.25) is 9.11 Å². The van der Waals surface area contributed by atoms with Crippen molar-refractivity contribution in [1.82, 2.24) is 19.9 Å². The number of rotatable bonds is 8. The van der Waals surface area contributed by atoms with Crippen molar-refractivity contribution in [3.05, 3.63) is 41.7 Å². The van der Waals surface area contributed by atoms with Gasteiger partial charge in [0.2, 0.25) is 11.0 Å². The van der Waals surface area contributed by atoms with E-state index in [1.807, 2.05) is 13.0 Å². The normalized spacial score (nSPS) is 21.3. The highest BCUT2D eigenvalue weighted by atomic mass is 32.2. The summed E-state index contributed by atoms with van der Waals surface area (Å²) in [5.41, 5.74) is 6.47. The molecule has 5 unspecified atom stereocenters. The van der Waals surface area contributed by atoms with Crippen LogP contribution in [0.1, 0.15) is 66.9 Å². The summed E-state index contributed by atoms with van der Waals surface area (Å²) in [5, 5.41) is 12.1. The van der Waals surface area contributed by atoms with E-state index in [4.69, 9.17) is 29.2 Å². The minimum Gasteiger partial charge on any atom is -0.472 e. The van der Waals surface area contributed by atoms with Crippen molar-refractivity contribution in [2.45, 2.75) is 107 Å². The van der Waals surface area contributed by atoms with Crippen molar-refractivity contribution in [2.75, 3.05) is 31.6 Å². The van der Waals surface area contributed by atoms with Gasteiger partial charge in [-0.25, -0.2) is 24.1 Å². The Morgan fingerprint density at radius 3 is 2.44 bits per heavy atom. The van der Waals surface area contributed by atoms with Crippen LogP contribution in [0.3, 0.4) is 0 Å². The number of carboxylic acid groups (broad SMARTS) is 1. The Hall–Kier alpha value is -4.32. The van der Waals surface area contributed by atoms with E-state index in [0.29, 0.717) is 74.1 Å². The van der Waals surface area contributed by atoms with Gasteiger partial charge in [-0.05, 0) is 66.0 Å². The van der Waals surface area contributed by atoms with Crippen LogP contribution >= 0.6 is 0 Å². The number of carbonyl (C=O) groups is 1. The van der Waals surface area contributed by atoms with Gasteiger partial charge in [0.25, 0.3) is 0 Å². The molecule has 54 heavy (non-hydrogen) atoms. The third kappa shape index (κ3) is 6.18. The lowest BCUT2D eigenvalue weighted by Gasteiger charge is -2.47. The van der Waals surface area contributed by atoms with Crippen LogP contribution < -0.4 is 14.4 Å². The lowest BCUT2D eigenvalue weighted by atomic mass is 9.96. The second-order valence-electron chi connectivity index (χ2n) is 15.6. The average Bonchev–Trinajstić information content (AvgIpc) is 3.37. The first-order valence-electron chi connectivity index (χ1n) is 18.6. The van der Waals surface area contributed by atoms with Crippen LogP contribution in [0.2, 0.25) is 16.6 Å². The number of pyridine rings is 1. The SMILES string of the molecule is COCOc1cc(-c2cc3nc(S(C)=O)nc4c3c(n2)OC(C)C2C3CCC(CN42)N3C(=O)O)c2c(C#C[Si](C(C)C)(C(C)C)C(C)C)c(F)ccc2c1. The molecule has 0 radical (unpaired) electrons. The van der Waals surface area contributed by atoms with Gasteiger partial charge >= 0.3 is 6.09 Å². The van der Waals surface area contributed by atoms with Crippen LogP contribution in [0.5, 0.6) is 11.6 Å². The molecule has 0 aliphatic carbocycles. The summed E-state index contributed by atoms with van der Waals surface area (Å²) in [7, 11) is -2.26. The number of anilines is 1. The Morgan fingerprint density at radius 1 is 1.07 bits per heavy atom. The van der Waals surface area contributed by atoms with Gasteiger partial charge in [-0.15, -0.1) is 5.54 Å². The van der Waals surface area contributed by atoms with Crippen LogP contribution in [-0.2, 0) is 15.5 Å². The van der Waals surface area contributed by atoms with Crippen molar-refractivity contribution >= 4 is 52.5 Å². The monoisotopic (exact) mass is 773 g/mol. The Morgan fingerprint density at radius 2 is 1.80 bits per heavy atom. The molecule has 7 rings (SSSR count). The minimum absolute atomic E-state index is 0.00385. The lowest BCUT2D eigenvalue weighted by molar-refractivity contribution is 0.0512. The molecule has 2 saturated heterocycles. The molecule has 0 spiro atoms. The highest BCUT2D eigenvalue weighted by Gasteiger charge is 2.53. The molecule has 3 aliphatic heterocycles. The van der Waals surface area contributed by atoms with Crippen LogP contribution in [0.4, 0.5) is 15.0 Å². The second-order valence-corrected chi connectivity index (χ2v) is 22.5. The molecular weight excluding hydrogens is 726 g/mol. The van der Waals surface area contributed by atoms with Gasteiger partial charge in [-0.1, -0.05) is 53.5 Å². The predicted octanol–water partition coefficient (Wildman–Crippen LogP) is 7.75. The van der Waals surface area contributed by atoms with Crippen LogP contribution in [-0.4, -0.2) is 94.3 Å². The fraction of sp³-hybridized carbons (Fsp3) is 0.500. The summed E-state index contributed by atoms with van der Waals surface area (Å²) in [6.45, 7) is 15.7. The van der Waals surface area contributed by atoms with E-state index in [0.717, 1.165) is 6.42 Å². The fourth-order valence-corrected chi connectivity index (χ4v) is 15.2. The molecule has 2 aromatic heterocycles. The lowest BCUT2D eigenvalue weighted by Crippen LogP contribution is -2.64. The molecule has 11 nitrogen and oxygen atoms in total. The number of methoxy groups -OCH3 is 1. The summed E-state index contributed by atoms with van der Waals surface area (Å²) in [4.78, 5) is 30.8. The molecule has 286 valence electrons. The maximum atomic E-state index is 16.2. The predicted molar refractivity (Wildman–Crippen MR) is 211 cm³/mol. The van der Waals surface area contributed by atoms with Crippen molar-refractivity contribution in [3.63, 3.8) is 0 Å². The quantitative estimate of drug-likeness (QED) is 0.0822. The van der Waals surface area contributed by atoms with Gasteiger partial charge in [0.1, 0.15) is 36.9 Å². The first-order valence-corrected chi connectivity index (χ1v) is 22.4. The number of nitrogens with zero attached hydrogens (tertiary/aromatic N) is 5. The largest absolute Gasteiger partial charge is 0.472 e. The van der Waals surface area contributed by atoms with Crippen LogP contribution in [0.25, 0.3) is 32.9 Å². The number of hydrogen-bond donors (Lipinski definition) is 1. The zero-order valence-corrected chi connectivity index (χ0v) is 34.1. The second kappa shape index (κ2) is 14.4. The van der Waals surface area contributed by atoms with Gasteiger partial charge in [0.15, 0.2) is 6.79 Å². The van der Waals surface area contributed by atoms with Crippen molar-refractivity contribution < 1.29 is 32.7 Å². The zero-order chi connectivity index (χ0) is 38.8. The Kier molecular flexibility index (Phi) is 10.1. The third-order valence-electron chi connectivity index (χ3n) is 11.8. The topological polar surface area (TPSA) is 127 Å². The van der Waals surface area contributed by atoms with Crippen molar-refractivity contribution in [1.29, 1.82) is 0 Å². The number of halogens is 1. The molecular formula is C40H48FN5O6SSi. The Bertz CT molecular complexity index is 2220. The van der Waals surface area contributed by atoms with E-state index in [9.17, 15) is 14.1 Å². The number of amides is 1. The Balaban J connectivity index is 1.50. The highest BCUT2D eigenvalue weighted by Crippen LogP contribution is 2.46. The molecule has 2 fully saturated rings. The van der Waals surface area contributed by atoms with E-state index in [2.05, 4.69) is 57.9 Å². The third-order valence-corrected chi connectivity index (χ3v) is 18.8. The highest BCUT2D eigenvalue weighted by molar-refractivity contribution is 7.84. The maximum Gasteiger partial charge on any atom is 0.407 e. The van der Waals surface area contributed by atoms with E-state index in [1.165, 1.54) is 19.4 Å². The minimum atomic E-state index is -2.25. The number of aromatic nitrogens is 3. The molecule has 5 atom stereocenters. The van der Waals surface area contributed by atoms with Gasteiger partial charge < -0.3 is 24.2 Å². The number of fused-ring (bicyclic) bond motifs is 6. The summed E-state index contributed by atoms with van der Waals surface area (Å²) in [5.74, 6) is 4.22. The smallest absolute Gasteiger partial charge is 0.407 e. The standard InChI is InChI=1S/C40H48FN5O6SSi/c1-21(2)54(22(3)4,23(5)6)15-14-28-30(41)12-10-25-16-27(51-20-50-8)17-29(34(25)28)31-18-32-35-37(44-39(43-32)53(9)49)45-19-26-11-13-33(46(26)40(47)48)36(45)24(7)52-38(35)42-31/h10,12,16-18,21-24,26,33,36H,11,13,19-20H2,1-9H3,(H,47,48). The molecule has 0 saturated carbocycles. The van der Waals surface area contributed by atoms with Crippen LogP contribution in [0.15, 0.2) is 35.5 Å². The van der Waals surface area contributed by atoms with E-state index in [1.54, 1.807) is 23.1 Å².